The van der Waals surface area contributed by atoms with Crippen LogP contribution in [-0.2, 0) is 6.54 Å². The van der Waals surface area contributed by atoms with Gasteiger partial charge in [-0.15, -0.1) is 0 Å². The molecule has 0 unspecified atom stereocenters. The number of anilines is 1. The van der Waals surface area contributed by atoms with Crippen LogP contribution in [0.2, 0.25) is 10.0 Å². The average Bonchev–Trinajstić information content (AvgIpc) is 2.39. The molecule has 0 heterocycles. The van der Waals surface area contributed by atoms with Crippen LogP contribution in [0.15, 0.2) is 36.4 Å². The zero-order valence-electron chi connectivity index (χ0n) is 9.75. The van der Waals surface area contributed by atoms with Crippen molar-refractivity contribution < 1.29 is 4.39 Å². The lowest BCUT2D eigenvalue weighted by Gasteiger charge is -2.09. The van der Waals surface area contributed by atoms with Crippen LogP contribution in [-0.4, -0.2) is 0 Å². The monoisotopic (exact) mass is 294 g/mol. The topological polar surface area (TPSA) is 35.8 Å². The van der Waals surface area contributed by atoms with Crippen molar-refractivity contribution >= 4 is 28.9 Å². The fraction of sp³-hybridized carbons (Fsp3) is 0.0714. The maximum Gasteiger partial charge on any atom is 0.147 e. The highest BCUT2D eigenvalue weighted by atomic mass is 35.5. The van der Waals surface area contributed by atoms with E-state index in [0.29, 0.717) is 22.3 Å². The molecule has 0 atom stereocenters. The summed E-state index contributed by atoms with van der Waals surface area (Å²) in [6, 6.07) is 11.3. The first-order chi connectivity index (χ1) is 9.10. The summed E-state index contributed by atoms with van der Waals surface area (Å²) in [6.45, 7) is 0.374. The van der Waals surface area contributed by atoms with Gasteiger partial charge in [-0.2, -0.15) is 5.26 Å². The van der Waals surface area contributed by atoms with Crippen molar-refractivity contribution in [1.29, 1.82) is 5.26 Å². The van der Waals surface area contributed by atoms with E-state index in [4.69, 9.17) is 28.5 Å². The van der Waals surface area contributed by atoms with Crippen LogP contribution in [0.4, 0.5) is 10.1 Å². The highest BCUT2D eigenvalue weighted by Crippen LogP contribution is 2.23. The Morgan fingerprint density at radius 3 is 2.58 bits per heavy atom. The molecule has 0 aromatic heterocycles. The zero-order chi connectivity index (χ0) is 13.8. The number of nitrogens with zero attached hydrogens (tertiary/aromatic N) is 1. The normalized spacial score (nSPS) is 10.0. The van der Waals surface area contributed by atoms with Crippen LogP contribution in [0.5, 0.6) is 0 Å². The summed E-state index contributed by atoms with van der Waals surface area (Å²) in [5.41, 5.74) is 1.42. The van der Waals surface area contributed by atoms with Crippen molar-refractivity contribution in [2.24, 2.45) is 0 Å². The van der Waals surface area contributed by atoms with E-state index in [1.165, 1.54) is 12.1 Å². The molecule has 0 radical (unpaired) electrons. The maximum absolute atomic E-state index is 13.6. The first-order valence-corrected chi connectivity index (χ1v) is 6.23. The summed E-state index contributed by atoms with van der Waals surface area (Å²) in [7, 11) is 0. The van der Waals surface area contributed by atoms with Gasteiger partial charge in [0.15, 0.2) is 0 Å². The third-order valence-electron chi connectivity index (χ3n) is 2.58. The lowest BCUT2D eigenvalue weighted by atomic mass is 10.2. The van der Waals surface area contributed by atoms with Gasteiger partial charge in [-0.05, 0) is 35.9 Å². The number of nitrogens with one attached hydrogen (secondary N) is 1. The molecule has 96 valence electrons. The molecule has 0 amide bonds. The van der Waals surface area contributed by atoms with Gasteiger partial charge in [-0.25, -0.2) is 4.39 Å². The zero-order valence-corrected chi connectivity index (χ0v) is 11.3. The van der Waals surface area contributed by atoms with E-state index in [1.807, 2.05) is 6.07 Å². The molecule has 1 N–H and O–H groups in total. The molecule has 0 spiro atoms. The van der Waals surface area contributed by atoms with E-state index in [0.717, 1.165) is 5.56 Å². The first kappa shape index (κ1) is 13.7. The summed E-state index contributed by atoms with van der Waals surface area (Å²) >= 11 is 11.8. The molecule has 0 saturated carbocycles. The molecule has 0 fully saturated rings. The number of benzene rings is 2. The van der Waals surface area contributed by atoms with E-state index in [-0.39, 0.29) is 5.56 Å². The molecule has 2 aromatic carbocycles. The minimum absolute atomic E-state index is 0.285. The first-order valence-electron chi connectivity index (χ1n) is 5.47. The van der Waals surface area contributed by atoms with Gasteiger partial charge in [-0.1, -0.05) is 29.3 Å². The Kier molecular flexibility index (Phi) is 4.26. The van der Waals surface area contributed by atoms with Crippen molar-refractivity contribution in [2.75, 3.05) is 5.32 Å². The van der Waals surface area contributed by atoms with Crippen molar-refractivity contribution in [3.05, 3.63) is 63.4 Å². The Bertz CT molecular complexity index is 650. The summed E-state index contributed by atoms with van der Waals surface area (Å²) in [5, 5.41) is 12.7. The summed E-state index contributed by atoms with van der Waals surface area (Å²) in [5.74, 6) is -0.468. The molecule has 2 nitrogen and oxygen atoms in total. The third kappa shape index (κ3) is 3.37. The quantitative estimate of drug-likeness (QED) is 0.897. The molecule has 2 aromatic rings. The molecule has 0 saturated heterocycles. The summed E-state index contributed by atoms with van der Waals surface area (Å²) < 4.78 is 13.6. The van der Waals surface area contributed by atoms with Crippen LogP contribution in [0, 0.1) is 17.1 Å². The smallest absolute Gasteiger partial charge is 0.147 e. The standard InChI is InChI=1S/C14H9Cl2FN2/c15-11-3-2-10(12(16)6-11)8-19-14-4-1-9(7-18)5-13(14)17/h1-6,19H,8H2. The van der Waals surface area contributed by atoms with Crippen LogP contribution >= 0.6 is 23.2 Å². The second-order valence-electron chi connectivity index (χ2n) is 3.90. The third-order valence-corrected chi connectivity index (χ3v) is 3.17. The molecule has 0 aliphatic rings. The molecule has 19 heavy (non-hydrogen) atoms. The Morgan fingerprint density at radius 2 is 1.95 bits per heavy atom. The molecule has 0 aliphatic carbocycles. The Morgan fingerprint density at radius 1 is 1.16 bits per heavy atom. The molecule has 0 aliphatic heterocycles. The van der Waals surface area contributed by atoms with Gasteiger partial charge < -0.3 is 5.32 Å². The summed E-state index contributed by atoms with van der Waals surface area (Å²) in [6.07, 6.45) is 0. The minimum Gasteiger partial charge on any atom is -0.379 e. The van der Waals surface area contributed by atoms with E-state index in [1.54, 1.807) is 24.3 Å². The summed E-state index contributed by atoms with van der Waals surface area (Å²) in [4.78, 5) is 0. The van der Waals surface area contributed by atoms with Crippen LogP contribution in [0.1, 0.15) is 11.1 Å². The van der Waals surface area contributed by atoms with E-state index in [9.17, 15) is 4.39 Å². The largest absolute Gasteiger partial charge is 0.379 e. The Hall–Kier alpha value is -1.76. The van der Waals surface area contributed by atoms with Gasteiger partial charge >= 0.3 is 0 Å². The average molecular weight is 295 g/mol. The van der Waals surface area contributed by atoms with Crippen LogP contribution in [0.25, 0.3) is 0 Å². The van der Waals surface area contributed by atoms with Gasteiger partial charge in [0.1, 0.15) is 5.82 Å². The van der Waals surface area contributed by atoms with E-state index >= 15 is 0 Å². The maximum atomic E-state index is 13.6. The number of hydrogen-bond acceptors (Lipinski definition) is 2. The molecular weight excluding hydrogens is 286 g/mol. The van der Waals surface area contributed by atoms with Gasteiger partial charge in [0.25, 0.3) is 0 Å². The molecule has 2 rings (SSSR count). The second kappa shape index (κ2) is 5.92. The number of hydrogen-bond donors (Lipinski definition) is 1. The minimum atomic E-state index is -0.468. The molecule has 0 bridgehead atoms. The van der Waals surface area contributed by atoms with Crippen molar-refractivity contribution in [2.45, 2.75) is 6.54 Å². The highest BCUT2D eigenvalue weighted by molar-refractivity contribution is 6.35. The lowest BCUT2D eigenvalue weighted by molar-refractivity contribution is 0.629. The van der Waals surface area contributed by atoms with Gasteiger partial charge in [0.05, 0.1) is 17.3 Å². The van der Waals surface area contributed by atoms with E-state index in [2.05, 4.69) is 5.32 Å². The van der Waals surface area contributed by atoms with Crippen molar-refractivity contribution in [3.63, 3.8) is 0 Å². The van der Waals surface area contributed by atoms with Gasteiger partial charge in [0.2, 0.25) is 0 Å². The lowest BCUT2D eigenvalue weighted by Crippen LogP contribution is -2.02. The highest BCUT2D eigenvalue weighted by Gasteiger charge is 2.05. The number of rotatable bonds is 3. The predicted octanol–water partition coefficient (Wildman–Crippen LogP) is 4.62. The molecular formula is C14H9Cl2FN2. The number of nitriles is 1. The second-order valence-corrected chi connectivity index (χ2v) is 4.74. The predicted molar refractivity (Wildman–Crippen MR) is 74.9 cm³/mol. The van der Waals surface area contributed by atoms with Crippen molar-refractivity contribution in [3.8, 4) is 6.07 Å². The fourth-order valence-electron chi connectivity index (χ4n) is 1.58. The van der Waals surface area contributed by atoms with Gasteiger partial charge in [0, 0.05) is 16.6 Å². The fourth-order valence-corrected chi connectivity index (χ4v) is 2.06. The van der Waals surface area contributed by atoms with Crippen molar-refractivity contribution in [1.82, 2.24) is 0 Å². The van der Waals surface area contributed by atoms with Gasteiger partial charge in [-0.3, -0.25) is 0 Å². The molecule has 5 heteroatoms. The SMILES string of the molecule is N#Cc1ccc(NCc2ccc(Cl)cc2Cl)c(F)c1. The Balaban J connectivity index is 2.13. The van der Waals surface area contributed by atoms with Crippen LogP contribution < -0.4 is 5.32 Å². The van der Waals surface area contributed by atoms with E-state index < -0.39 is 5.82 Å². The van der Waals surface area contributed by atoms with Crippen LogP contribution in [0.3, 0.4) is 0 Å². The Labute approximate surface area is 120 Å². The number of halogens is 3.